The van der Waals surface area contributed by atoms with Gasteiger partial charge in [0.15, 0.2) is 0 Å². The van der Waals surface area contributed by atoms with Crippen molar-refractivity contribution >= 4 is 11.6 Å². The van der Waals surface area contributed by atoms with E-state index in [0.717, 1.165) is 6.42 Å². The van der Waals surface area contributed by atoms with Crippen molar-refractivity contribution in [3.63, 3.8) is 0 Å². The molecule has 0 radical (unpaired) electrons. The number of hydrogen-bond donors (Lipinski definition) is 0. The van der Waals surface area contributed by atoms with Crippen LogP contribution in [0.25, 0.3) is 0 Å². The van der Waals surface area contributed by atoms with Crippen molar-refractivity contribution in [3.05, 3.63) is 0 Å². The lowest BCUT2D eigenvalue weighted by atomic mass is 9.92. The predicted octanol–water partition coefficient (Wildman–Crippen LogP) is 5.03. The Hall–Kier alpha value is 0.0400. The second-order valence-electron chi connectivity index (χ2n) is 4.73. The molecule has 0 aliphatic carbocycles. The van der Waals surface area contributed by atoms with Crippen LogP contribution in [0.15, 0.2) is 0 Å². The summed E-state index contributed by atoms with van der Waals surface area (Å²) in [5, 5.41) is -3.16. The number of ether oxygens (including phenoxy) is 1. The van der Waals surface area contributed by atoms with Crippen LogP contribution in [0.1, 0.15) is 47.5 Å². The third-order valence-electron chi connectivity index (χ3n) is 2.23. The van der Waals surface area contributed by atoms with Gasteiger partial charge in [0.25, 0.3) is 0 Å². The van der Waals surface area contributed by atoms with Gasteiger partial charge in [-0.2, -0.15) is 8.78 Å². The standard InChI is InChI=1S/C10H19ClF2O.C2H5F/c1-5-9(3,4)7-14-8(2)6-10(11,12)13;1-2-3/h8H,5-7H2,1-4H3;2H2,1H3. The molecule has 0 N–H and O–H groups in total. The van der Waals surface area contributed by atoms with E-state index >= 15 is 0 Å². The van der Waals surface area contributed by atoms with E-state index in [1.54, 1.807) is 6.92 Å². The second-order valence-corrected chi connectivity index (χ2v) is 5.28. The molecule has 0 aliphatic heterocycles. The molecule has 0 aromatic rings. The van der Waals surface area contributed by atoms with Crippen molar-refractivity contribution in [2.45, 2.75) is 58.9 Å². The highest BCUT2D eigenvalue weighted by molar-refractivity contribution is 6.21. The van der Waals surface area contributed by atoms with Crippen LogP contribution >= 0.6 is 11.6 Å². The first-order valence-corrected chi connectivity index (χ1v) is 6.20. The van der Waals surface area contributed by atoms with Crippen molar-refractivity contribution in [1.29, 1.82) is 0 Å². The molecule has 0 amide bonds. The van der Waals surface area contributed by atoms with Gasteiger partial charge in [-0.1, -0.05) is 20.8 Å². The van der Waals surface area contributed by atoms with Gasteiger partial charge < -0.3 is 4.74 Å². The van der Waals surface area contributed by atoms with Crippen LogP contribution in [0.3, 0.4) is 0 Å². The van der Waals surface area contributed by atoms with Gasteiger partial charge in [0.05, 0.1) is 25.8 Å². The van der Waals surface area contributed by atoms with E-state index < -0.39 is 17.9 Å². The molecule has 0 spiro atoms. The third kappa shape index (κ3) is 16.0. The number of alkyl halides is 4. The summed E-state index contributed by atoms with van der Waals surface area (Å²) in [5.74, 6) is 0. The Kier molecular flexibility index (Phi) is 10.3. The fourth-order valence-electron chi connectivity index (χ4n) is 0.855. The van der Waals surface area contributed by atoms with E-state index in [0.29, 0.717) is 6.61 Å². The summed E-state index contributed by atoms with van der Waals surface area (Å²) in [7, 11) is 0. The summed E-state index contributed by atoms with van der Waals surface area (Å²) >= 11 is 4.80. The minimum absolute atomic E-state index is 0.0376. The maximum atomic E-state index is 12.4. The smallest absolute Gasteiger partial charge is 0.324 e. The van der Waals surface area contributed by atoms with Crippen LogP contribution in [0.5, 0.6) is 0 Å². The number of hydrogen-bond acceptors (Lipinski definition) is 1. The summed E-state index contributed by atoms with van der Waals surface area (Å²) in [6.45, 7) is 9.43. The zero-order valence-electron chi connectivity index (χ0n) is 11.3. The van der Waals surface area contributed by atoms with Gasteiger partial charge in [-0.3, -0.25) is 4.39 Å². The Balaban J connectivity index is 0. The summed E-state index contributed by atoms with van der Waals surface area (Å²) in [6, 6.07) is 0. The molecule has 0 heterocycles. The van der Waals surface area contributed by atoms with Crippen LogP contribution in [-0.2, 0) is 4.74 Å². The molecule has 0 saturated carbocycles. The Morgan fingerprint density at radius 2 is 1.65 bits per heavy atom. The molecule has 0 saturated heterocycles. The SMILES string of the molecule is CCC(C)(C)COC(C)CC(F)(F)Cl.CCF. The highest BCUT2D eigenvalue weighted by Crippen LogP contribution is 2.27. The Morgan fingerprint density at radius 3 is 1.94 bits per heavy atom. The minimum atomic E-state index is -3.16. The molecule has 0 fully saturated rings. The third-order valence-corrected chi connectivity index (χ3v) is 2.39. The van der Waals surface area contributed by atoms with Gasteiger partial charge in [-0.25, -0.2) is 0 Å². The van der Waals surface area contributed by atoms with Gasteiger partial charge in [-0.05, 0) is 37.3 Å². The molecule has 1 nitrogen and oxygen atoms in total. The molecule has 1 atom stereocenters. The van der Waals surface area contributed by atoms with Crippen LogP contribution in [0.4, 0.5) is 13.2 Å². The fourth-order valence-corrected chi connectivity index (χ4v) is 1.07. The van der Waals surface area contributed by atoms with E-state index in [9.17, 15) is 13.2 Å². The average Bonchev–Trinajstić information content (AvgIpc) is 2.14. The summed E-state index contributed by atoms with van der Waals surface area (Å²) < 4.78 is 40.3. The maximum absolute atomic E-state index is 12.4. The zero-order chi connectivity index (χ0) is 14.1. The molecular formula is C12H24ClF3O. The molecule has 0 aromatic carbocycles. The highest BCUT2D eigenvalue weighted by Gasteiger charge is 2.28. The van der Waals surface area contributed by atoms with Gasteiger partial charge in [0.2, 0.25) is 0 Å². The highest BCUT2D eigenvalue weighted by atomic mass is 35.5. The van der Waals surface area contributed by atoms with Gasteiger partial charge >= 0.3 is 5.38 Å². The fraction of sp³-hybridized carbons (Fsp3) is 1.00. The zero-order valence-corrected chi connectivity index (χ0v) is 12.1. The molecule has 106 valence electrons. The lowest BCUT2D eigenvalue weighted by Crippen LogP contribution is -2.25. The van der Waals surface area contributed by atoms with Crippen molar-refractivity contribution in [2.75, 3.05) is 13.3 Å². The first-order chi connectivity index (χ1) is 7.58. The first kappa shape index (κ1) is 19.4. The van der Waals surface area contributed by atoms with Crippen LogP contribution in [0, 0.1) is 5.41 Å². The van der Waals surface area contributed by atoms with Crippen LogP contribution in [-0.4, -0.2) is 24.8 Å². The monoisotopic (exact) mass is 276 g/mol. The molecule has 17 heavy (non-hydrogen) atoms. The first-order valence-electron chi connectivity index (χ1n) is 5.82. The van der Waals surface area contributed by atoms with Crippen LogP contribution in [0.2, 0.25) is 0 Å². The summed E-state index contributed by atoms with van der Waals surface area (Å²) in [4.78, 5) is 0. The molecule has 1 unspecified atom stereocenters. The van der Waals surface area contributed by atoms with Gasteiger partial charge in [0.1, 0.15) is 0 Å². The van der Waals surface area contributed by atoms with Crippen molar-refractivity contribution < 1.29 is 17.9 Å². The molecule has 0 rings (SSSR count). The van der Waals surface area contributed by atoms with Crippen molar-refractivity contribution in [3.8, 4) is 0 Å². The van der Waals surface area contributed by atoms with Crippen molar-refractivity contribution in [1.82, 2.24) is 0 Å². The van der Waals surface area contributed by atoms with E-state index in [2.05, 4.69) is 0 Å². The molecular weight excluding hydrogens is 253 g/mol. The largest absolute Gasteiger partial charge is 0.378 e. The Morgan fingerprint density at radius 1 is 1.24 bits per heavy atom. The summed E-state index contributed by atoms with van der Waals surface area (Å²) in [6.07, 6.45) is 0.0130. The average molecular weight is 277 g/mol. The topological polar surface area (TPSA) is 9.23 Å². The van der Waals surface area contributed by atoms with E-state index in [4.69, 9.17) is 16.3 Å². The number of halogens is 4. The second kappa shape index (κ2) is 9.03. The number of rotatable bonds is 6. The molecule has 0 bridgehead atoms. The lowest BCUT2D eigenvalue weighted by molar-refractivity contribution is -0.0340. The molecule has 0 aliphatic rings. The molecule has 5 heteroatoms. The maximum Gasteiger partial charge on any atom is 0.324 e. The van der Waals surface area contributed by atoms with Gasteiger partial charge in [-0.15, -0.1) is 0 Å². The van der Waals surface area contributed by atoms with Gasteiger partial charge in [0, 0.05) is 0 Å². The minimum Gasteiger partial charge on any atom is -0.378 e. The summed E-state index contributed by atoms with van der Waals surface area (Å²) in [5.41, 5.74) is 0.0376. The lowest BCUT2D eigenvalue weighted by Gasteiger charge is -2.25. The predicted molar refractivity (Wildman–Crippen MR) is 66.6 cm³/mol. The van der Waals surface area contributed by atoms with E-state index in [-0.39, 0.29) is 12.1 Å². The quantitative estimate of drug-likeness (QED) is 0.619. The van der Waals surface area contributed by atoms with E-state index in [1.165, 1.54) is 6.92 Å². The van der Waals surface area contributed by atoms with E-state index in [1.807, 2.05) is 20.8 Å². The molecule has 0 aromatic heterocycles. The Labute approximate surface area is 108 Å². The van der Waals surface area contributed by atoms with Crippen molar-refractivity contribution in [2.24, 2.45) is 5.41 Å². The van der Waals surface area contributed by atoms with Crippen LogP contribution < -0.4 is 0 Å². The normalized spacial score (nSPS) is 13.9. The Bertz CT molecular complexity index is 181.